The minimum absolute atomic E-state index is 0.208. The van der Waals surface area contributed by atoms with Crippen LogP contribution in [-0.4, -0.2) is 25.2 Å². The molecule has 0 aromatic heterocycles. The molecule has 1 unspecified atom stereocenters. The largest absolute Gasteiger partial charge is 0.495 e. The summed E-state index contributed by atoms with van der Waals surface area (Å²) in [5.41, 5.74) is 0.0688. The van der Waals surface area contributed by atoms with Gasteiger partial charge in [0.25, 0.3) is 5.91 Å². The molecule has 1 atom stereocenters. The number of ether oxygens (including phenoxy) is 2. The Balaban J connectivity index is 2.94. The molecule has 0 saturated heterocycles. The van der Waals surface area contributed by atoms with E-state index in [9.17, 15) is 4.79 Å². The Morgan fingerprint density at radius 3 is 2.67 bits per heavy atom. The molecule has 0 fully saturated rings. The Bertz CT molecular complexity index is 529. The van der Waals surface area contributed by atoms with Gasteiger partial charge in [0.2, 0.25) is 0 Å². The number of benzene rings is 1. The molecule has 1 N–H and O–H groups in total. The van der Waals surface area contributed by atoms with Crippen LogP contribution in [-0.2, 0) is 9.53 Å². The van der Waals surface area contributed by atoms with Gasteiger partial charge in [-0.3, -0.25) is 4.79 Å². The lowest BCUT2D eigenvalue weighted by Crippen LogP contribution is -2.42. The summed E-state index contributed by atoms with van der Waals surface area (Å²) in [7, 11) is 1.50. The molecule has 1 rings (SSSR count). The predicted octanol–water partition coefficient (Wildman–Crippen LogP) is 3.10. The fraction of sp³-hybridized carbons (Fsp3) is 0.500. The van der Waals surface area contributed by atoms with Crippen molar-refractivity contribution in [3.05, 3.63) is 23.8 Å². The quantitative estimate of drug-likeness (QED) is 0.837. The van der Waals surface area contributed by atoms with E-state index in [-0.39, 0.29) is 5.91 Å². The zero-order chi connectivity index (χ0) is 15.9. The molecular formula is C16H22N2O3. The van der Waals surface area contributed by atoms with Crippen LogP contribution in [0.4, 0.5) is 5.69 Å². The van der Waals surface area contributed by atoms with Crippen LogP contribution in [0.2, 0.25) is 0 Å². The zero-order valence-electron chi connectivity index (χ0n) is 13.0. The van der Waals surface area contributed by atoms with Crippen molar-refractivity contribution in [2.75, 3.05) is 19.0 Å². The van der Waals surface area contributed by atoms with E-state index >= 15 is 0 Å². The van der Waals surface area contributed by atoms with Crippen LogP contribution in [0.25, 0.3) is 0 Å². The third-order valence-corrected chi connectivity index (χ3v) is 3.25. The second-order valence-electron chi connectivity index (χ2n) is 4.89. The summed E-state index contributed by atoms with van der Waals surface area (Å²) in [6, 6.07) is 7.00. The summed E-state index contributed by atoms with van der Waals surface area (Å²) < 4.78 is 10.7. The Labute approximate surface area is 125 Å². The molecule has 5 heteroatoms. The Morgan fingerprint density at radius 1 is 1.43 bits per heavy atom. The maximum absolute atomic E-state index is 12.4. The van der Waals surface area contributed by atoms with E-state index < -0.39 is 5.60 Å². The number of hydrogen-bond acceptors (Lipinski definition) is 4. The molecule has 0 aliphatic carbocycles. The second kappa shape index (κ2) is 7.65. The summed E-state index contributed by atoms with van der Waals surface area (Å²) in [5, 5.41) is 11.9. The molecule has 0 bridgehead atoms. The molecule has 114 valence electrons. The molecule has 0 aliphatic heterocycles. The number of amides is 1. The first-order valence-corrected chi connectivity index (χ1v) is 7.04. The monoisotopic (exact) mass is 290 g/mol. The fourth-order valence-electron chi connectivity index (χ4n) is 2.18. The summed E-state index contributed by atoms with van der Waals surface area (Å²) in [6.07, 6.45) is 1.48. The van der Waals surface area contributed by atoms with Crippen LogP contribution in [0.1, 0.15) is 39.2 Å². The first kappa shape index (κ1) is 17.0. The number of methoxy groups -OCH3 is 1. The highest BCUT2D eigenvalue weighted by molar-refractivity contribution is 5.97. The van der Waals surface area contributed by atoms with Crippen molar-refractivity contribution < 1.29 is 14.3 Å². The lowest BCUT2D eigenvalue weighted by Gasteiger charge is -2.27. The van der Waals surface area contributed by atoms with E-state index in [1.807, 2.05) is 19.9 Å². The first-order chi connectivity index (χ1) is 10.0. The second-order valence-corrected chi connectivity index (χ2v) is 4.89. The van der Waals surface area contributed by atoms with Crippen molar-refractivity contribution in [3.63, 3.8) is 0 Å². The number of hydrogen-bond donors (Lipinski definition) is 1. The molecule has 21 heavy (non-hydrogen) atoms. The van der Waals surface area contributed by atoms with Gasteiger partial charge in [0, 0.05) is 12.3 Å². The molecule has 1 aromatic rings. The summed E-state index contributed by atoms with van der Waals surface area (Å²) in [5.74, 6) is 0.275. The van der Waals surface area contributed by atoms with E-state index in [0.29, 0.717) is 30.0 Å². The van der Waals surface area contributed by atoms with Gasteiger partial charge in [-0.15, -0.1) is 0 Å². The van der Waals surface area contributed by atoms with Gasteiger partial charge in [-0.25, -0.2) is 0 Å². The van der Waals surface area contributed by atoms with E-state index in [4.69, 9.17) is 14.7 Å². The minimum atomic E-state index is -0.865. The first-order valence-electron chi connectivity index (χ1n) is 7.04. The smallest absolute Gasteiger partial charge is 0.256 e. The Hall–Kier alpha value is -2.06. The summed E-state index contributed by atoms with van der Waals surface area (Å²) >= 11 is 0. The molecule has 0 spiro atoms. The van der Waals surface area contributed by atoms with Crippen molar-refractivity contribution in [1.82, 2.24) is 0 Å². The van der Waals surface area contributed by atoms with Gasteiger partial charge in [0.05, 0.1) is 12.7 Å². The number of nitrogens with one attached hydrogen (secondary N) is 1. The standard InChI is InChI=1S/C16H22N2O3/c1-5-9-16(3,21-6-2)15(19)18-13-7-8-14(20-4)12(10-13)11-17/h7-8,10H,5-6,9H2,1-4H3,(H,18,19). The highest BCUT2D eigenvalue weighted by Crippen LogP contribution is 2.24. The van der Waals surface area contributed by atoms with E-state index in [2.05, 4.69) is 5.32 Å². The fourth-order valence-corrected chi connectivity index (χ4v) is 2.18. The molecule has 0 heterocycles. The average Bonchev–Trinajstić information content (AvgIpc) is 2.47. The van der Waals surface area contributed by atoms with Crippen LogP contribution in [0.3, 0.4) is 0 Å². The third-order valence-electron chi connectivity index (χ3n) is 3.25. The highest BCUT2D eigenvalue weighted by atomic mass is 16.5. The van der Waals surface area contributed by atoms with Gasteiger partial charge in [-0.2, -0.15) is 5.26 Å². The average molecular weight is 290 g/mol. The van der Waals surface area contributed by atoms with E-state index in [1.165, 1.54) is 7.11 Å². The summed E-state index contributed by atoms with van der Waals surface area (Å²) in [6.45, 7) is 6.12. The Morgan fingerprint density at radius 2 is 2.14 bits per heavy atom. The molecule has 0 radical (unpaired) electrons. The van der Waals surface area contributed by atoms with Crippen molar-refractivity contribution in [1.29, 1.82) is 5.26 Å². The molecule has 0 aliphatic rings. The zero-order valence-corrected chi connectivity index (χ0v) is 13.0. The Kier molecular flexibility index (Phi) is 6.19. The molecule has 1 aromatic carbocycles. The molecule has 5 nitrogen and oxygen atoms in total. The van der Waals surface area contributed by atoms with E-state index in [1.54, 1.807) is 25.1 Å². The van der Waals surface area contributed by atoms with Crippen molar-refractivity contribution in [2.45, 2.75) is 39.2 Å². The van der Waals surface area contributed by atoms with Gasteiger partial charge >= 0.3 is 0 Å². The number of nitriles is 1. The lowest BCUT2D eigenvalue weighted by molar-refractivity contribution is -0.139. The molecule has 0 saturated carbocycles. The lowest BCUT2D eigenvalue weighted by atomic mass is 9.99. The van der Waals surface area contributed by atoms with Gasteiger partial charge in [0.1, 0.15) is 17.4 Å². The number of anilines is 1. The third kappa shape index (κ3) is 4.20. The summed E-state index contributed by atoms with van der Waals surface area (Å²) in [4.78, 5) is 12.4. The highest BCUT2D eigenvalue weighted by Gasteiger charge is 2.33. The topological polar surface area (TPSA) is 71.3 Å². The normalized spacial score (nSPS) is 13.1. The van der Waals surface area contributed by atoms with Gasteiger partial charge < -0.3 is 14.8 Å². The number of nitrogens with zero attached hydrogens (tertiary/aromatic N) is 1. The van der Waals surface area contributed by atoms with Crippen molar-refractivity contribution in [2.24, 2.45) is 0 Å². The maximum atomic E-state index is 12.4. The van der Waals surface area contributed by atoms with Crippen LogP contribution in [0.15, 0.2) is 18.2 Å². The van der Waals surface area contributed by atoms with Gasteiger partial charge in [-0.1, -0.05) is 13.3 Å². The number of carbonyl (C=O) groups is 1. The van der Waals surface area contributed by atoms with Crippen LogP contribution in [0.5, 0.6) is 5.75 Å². The van der Waals surface area contributed by atoms with Gasteiger partial charge in [0.15, 0.2) is 0 Å². The maximum Gasteiger partial charge on any atom is 0.256 e. The van der Waals surface area contributed by atoms with Gasteiger partial charge in [-0.05, 0) is 38.5 Å². The van der Waals surface area contributed by atoms with Crippen LogP contribution >= 0.6 is 0 Å². The van der Waals surface area contributed by atoms with Crippen LogP contribution < -0.4 is 10.1 Å². The number of carbonyl (C=O) groups excluding carboxylic acids is 1. The van der Waals surface area contributed by atoms with E-state index in [0.717, 1.165) is 6.42 Å². The molecular weight excluding hydrogens is 268 g/mol. The predicted molar refractivity (Wildman–Crippen MR) is 81.3 cm³/mol. The SMILES string of the molecule is CCCC(C)(OCC)C(=O)Nc1ccc(OC)c(C#N)c1. The minimum Gasteiger partial charge on any atom is -0.495 e. The molecule has 1 amide bonds. The van der Waals surface area contributed by atoms with Crippen LogP contribution in [0, 0.1) is 11.3 Å². The van der Waals surface area contributed by atoms with Crippen molar-refractivity contribution in [3.8, 4) is 11.8 Å². The van der Waals surface area contributed by atoms with Crippen molar-refractivity contribution >= 4 is 11.6 Å². The number of rotatable bonds is 7.